The van der Waals surface area contributed by atoms with E-state index in [4.69, 9.17) is 0 Å². The number of carboxylic acids is 1. The fraction of sp³-hybridized carbons (Fsp3) is 0.0588. The van der Waals surface area contributed by atoms with Crippen LogP contribution in [0.1, 0.15) is 15.9 Å². The predicted octanol–water partition coefficient (Wildman–Crippen LogP) is 3.91. The van der Waals surface area contributed by atoms with Crippen molar-refractivity contribution in [3.05, 3.63) is 65.7 Å². The molecule has 0 aliphatic carbocycles. The van der Waals surface area contributed by atoms with Crippen LogP contribution in [0.25, 0.3) is 22.2 Å². The van der Waals surface area contributed by atoms with Crippen LogP contribution in [0.3, 0.4) is 0 Å². The highest BCUT2D eigenvalue weighted by Crippen LogP contribution is 2.25. The van der Waals surface area contributed by atoms with E-state index in [1.807, 2.05) is 43.3 Å². The molecule has 0 amide bonds. The van der Waals surface area contributed by atoms with Crippen molar-refractivity contribution in [1.82, 2.24) is 4.98 Å². The Kier molecular flexibility index (Phi) is 2.95. The van der Waals surface area contributed by atoms with Crippen LogP contribution in [0, 0.1) is 6.92 Å². The van der Waals surface area contributed by atoms with Gasteiger partial charge in [0.05, 0.1) is 16.8 Å². The van der Waals surface area contributed by atoms with Crippen molar-refractivity contribution in [2.75, 3.05) is 0 Å². The number of rotatable bonds is 2. The minimum atomic E-state index is -0.938. The zero-order chi connectivity index (χ0) is 14.1. The average Bonchev–Trinajstić information content (AvgIpc) is 2.47. The molecule has 3 nitrogen and oxygen atoms in total. The quantitative estimate of drug-likeness (QED) is 0.762. The molecular weight excluding hydrogens is 250 g/mol. The van der Waals surface area contributed by atoms with E-state index in [1.165, 1.54) is 0 Å². The SMILES string of the molecule is Cc1cccc2ccc(-c3ccccc3C(=O)O)nc12. The number of nitrogens with zero attached hydrogens (tertiary/aromatic N) is 1. The molecule has 0 aliphatic rings. The van der Waals surface area contributed by atoms with Gasteiger partial charge < -0.3 is 5.11 Å². The number of benzene rings is 2. The van der Waals surface area contributed by atoms with Crippen molar-refractivity contribution < 1.29 is 9.90 Å². The Morgan fingerprint density at radius 2 is 1.80 bits per heavy atom. The van der Waals surface area contributed by atoms with Crippen LogP contribution >= 0.6 is 0 Å². The van der Waals surface area contributed by atoms with Gasteiger partial charge in [0.25, 0.3) is 0 Å². The van der Waals surface area contributed by atoms with E-state index >= 15 is 0 Å². The minimum Gasteiger partial charge on any atom is -0.478 e. The van der Waals surface area contributed by atoms with E-state index < -0.39 is 5.97 Å². The Balaban J connectivity index is 2.25. The maximum absolute atomic E-state index is 11.3. The summed E-state index contributed by atoms with van der Waals surface area (Å²) >= 11 is 0. The Labute approximate surface area is 116 Å². The molecule has 0 atom stereocenters. The van der Waals surface area contributed by atoms with Crippen molar-refractivity contribution in [3.63, 3.8) is 0 Å². The third kappa shape index (κ3) is 2.03. The van der Waals surface area contributed by atoms with E-state index in [-0.39, 0.29) is 5.56 Å². The first-order chi connectivity index (χ1) is 9.66. The van der Waals surface area contributed by atoms with Gasteiger partial charge in [0.1, 0.15) is 0 Å². The number of para-hydroxylation sites is 1. The van der Waals surface area contributed by atoms with Crippen molar-refractivity contribution in [3.8, 4) is 11.3 Å². The molecule has 0 aliphatic heterocycles. The highest BCUT2D eigenvalue weighted by molar-refractivity contribution is 5.96. The summed E-state index contributed by atoms with van der Waals surface area (Å²) in [4.78, 5) is 15.9. The molecule has 2 aromatic carbocycles. The van der Waals surface area contributed by atoms with Crippen LogP contribution < -0.4 is 0 Å². The number of hydrogen-bond acceptors (Lipinski definition) is 2. The number of aryl methyl sites for hydroxylation is 1. The van der Waals surface area contributed by atoms with Crippen LogP contribution in [0.15, 0.2) is 54.6 Å². The van der Waals surface area contributed by atoms with Crippen LogP contribution in [0.4, 0.5) is 0 Å². The van der Waals surface area contributed by atoms with Crippen molar-refractivity contribution >= 4 is 16.9 Å². The first-order valence-corrected chi connectivity index (χ1v) is 6.36. The Morgan fingerprint density at radius 1 is 1.00 bits per heavy atom. The van der Waals surface area contributed by atoms with Gasteiger partial charge in [-0.05, 0) is 24.6 Å². The third-order valence-corrected chi connectivity index (χ3v) is 3.36. The molecule has 0 radical (unpaired) electrons. The lowest BCUT2D eigenvalue weighted by molar-refractivity contribution is 0.0697. The van der Waals surface area contributed by atoms with Crippen LogP contribution in [-0.4, -0.2) is 16.1 Å². The number of carbonyl (C=O) groups is 1. The predicted molar refractivity (Wildman–Crippen MR) is 78.9 cm³/mol. The van der Waals surface area contributed by atoms with E-state index in [1.54, 1.807) is 18.2 Å². The van der Waals surface area contributed by atoms with Crippen LogP contribution in [0.5, 0.6) is 0 Å². The molecule has 3 rings (SSSR count). The van der Waals surface area contributed by atoms with Gasteiger partial charge in [-0.15, -0.1) is 0 Å². The van der Waals surface area contributed by atoms with Crippen molar-refractivity contribution in [2.24, 2.45) is 0 Å². The molecule has 1 N–H and O–H groups in total. The van der Waals surface area contributed by atoms with Gasteiger partial charge >= 0.3 is 5.97 Å². The molecule has 1 aromatic heterocycles. The third-order valence-electron chi connectivity index (χ3n) is 3.36. The molecule has 0 bridgehead atoms. The van der Waals surface area contributed by atoms with Crippen molar-refractivity contribution in [1.29, 1.82) is 0 Å². The fourth-order valence-electron chi connectivity index (χ4n) is 2.34. The van der Waals surface area contributed by atoms with E-state index in [0.717, 1.165) is 16.5 Å². The molecule has 0 unspecified atom stereocenters. The van der Waals surface area contributed by atoms with Gasteiger partial charge in [0.15, 0.2) is 0 Å². The highest BCUT2D eigenvalue weighted by atomic mass is 16.4. The second-order valence-corrected chi connectivity index (χ2v) is 4.69. The number of fused-ring (bicyclic) bond motifs is 1. The van der Waals surface area contributed by atoms with Crippen molar-refractivity contribution in [2.45, 2.75) is 6.92 Å². The van der Waals surface area contributed by atoms with E-state index in [9.17, 15) is 9.90 Å². The molecule has 3 aromatic rings. The van der Waals surface area contributed by atoms with Crippen LogP contribution in [0.2, 0.25) is 0 Å². The lowest BCUT2D eigenvalue weighted by Crippen LogP contribution is -2.00. The summed E-state index contributed by atoms with van der Waals surface area (Å²) in [5, 5.41) is 10.3. The van der Waals surface area contributed by atoms with E-state index in [2.05, 4.69) is 4.98 Å². The number of aromatic carboxylic acids is 1. The van der Waals surface area contributed by atoms with E-state index in [0.29, 0.717) is 11.3 Å². The maximum Gasteiger partial charge on any atom is 0.336 e. The monoisotopic (exact) mass is 263 g/mol. The zero-order valence-electron chi connectivity index (χ0n) is 11.0. The molecule has 1 heterocycles. The van der Waals surface area contributed by atoms with Gasteiger partial charge in [-0.3, -0.25) is 0 Å². The second kappa shape index (κ2) is 4.78. The number of pyridine rings is 1. The minimum absolute atomic E-state index is 0.271. The largest absolute Gasteiger partial charge is 0.478 e. The van der Waals surface area contributed by atoms with Gasteiger partial charge in [0, 0.05) is 10.9 Å². The van der Waals surface area contributed by atoms with Gasteiger partial charge in [-0.2, -0.15) is 0 Å². The topological polar surface area (TPSA) is 50.2 Å². The lowest BCUT2D eigenvalue weighted by Gasteiger charge is -2.08. The Bertz CT molecular complexity index is 809. The molecule has 0 saturated carbocycles. The number of hydrogen-bond donors (Lipinski definition) is 1. The summed E-state index contributed by atoms with van der Waals surface area (Å²) < 4.78 is 0. The second-order valence-electron chi connectivity index (χ2n) is 4.69. The summed E-state index contributed by atoms with van der Waals surface area (Å²) in [6.45, 7) is 2.00. The first-order valence-electron chi connectivity index (χ1n) is 6.36. The van der Waals surface area contributed by atoms with Gasteiger partial charge in [-0.1, -0.05) is 42.5 Å². The summed E-state index contributed by atoms with van der Waals surface area (Å²) in [5.74, 6) is -0.938. The summed E-state index contributed by atoms with van der Waals surface area (Å²) in [5.41, 5.74) is 3.59. The zero-order valence-corrected chi connectivity index (χ0v) is 11.0. The molecule has 0 fully saturated rings. The summed E-state index contributed by atoms with van der Waals surface area (Å²) in [6.07, 6.45) is 0. The fourth-order valence-corrected chi connectivity index (χ4v) is 2.34. The molecule has 98 valence electrons. The standard InChI is InChI=1S/C17H13NO2/c1-11-5-4-6-12-9-10-15(18-16(11)12)13-7-2-3-8-14(13)17(19)20/h2-10H,1H3,(H,19,20). The van der Waals surface area contributed by atoms with Crippen LogP contribution in [-0.2, 0) is 0 Å². The number of aromatic nitrogens is 1. The van der Waals surface area contributed by atoms with Gasteiger partial charge in [0.2, 0.25) is 0 Å². The molecule has 20 heavy (non-hydrogen) atoms. The highest BCUT2D eigenvalue weighted by Gasteiger charge is 2.12. The number of carboxylic acid groups (broad SMARTS) is 1. The average molecular weight is 263 g/mol. The molecule has 3 heteroatoms. The molecule has 0 spiro atoms. The Hall–Kier alpha value is -2.68. The molecule has 0 saturated heterocycles. The van der Waals surface area contributed by atoms with Gasteiger partial charge in [-0.25, -0.2) is 9.78 Å². The maximum atomic E-state index is 11.3. The summed E-state index contributed by atoms with van der Waals surface area (Å²) in [7, 11) is 0. The smallest absolute Gasteiger partial charge is 0.336 e. The normalized spacial score (nSPS) is 10.7. The summed E-state index contributed by atoms with van der Waals surface area (Å²) in [6, 6.07) is 16.8. The Morgan fingerprint density at radius 3 is 2.60 bits per heavy atom. The first kappa shape index (κ1) is 12.4. The lowest BCUT2D eigenvalue weighted by atomic mass is 10.0. The molecular formula is C17H13NO2.